The summed E-state index contributed by atoms with van der Waals surface area (Å²) in [6.45, 7) is 6.45. The molecule has 1 saturated heterocycles. The zero-order valence-electron chi connectivity index (χ0n) is 20.4. The smallest absolute Gasteiger partial charge is 0.308 e. The Kier molecular flexibility index (Phi) is 5.85. The number of piperidine rings is 1. The van der Waals surface area contributed by atoms with Crippen molar-refractivity contribution >= 4 is 23.5 Å². The minimum atomic E-state index is -0.411. The molecule has 5 nitrogen and oxygen atoms in total. The lowest BCUT2D eigenvalue weighted by Gasteiger charge is -2.59. The van der Waals surface area contributed by atoms with Crippen LogP contribution < -0.4 is 4.74 Å². The number of rotatable bonds is 4. The number of methoxy groups -OCH3 is 1. The zero-order chi connectivity index (χ0) is 24.2. The molecule has 1 heterocycles. The molecule has 0 spiro atoms. The normalized spacial score (nSPS) is 28.0. The van der Waals surface area contributed by atoms with Crippen LogP contribution in [-0.4, -0.2) is 43.4 Å². The van der Waals surface area contributed by atoms with E-state index in [9.17, 15) is 9.59 Å². The molecular formula is C28H31NO4S. The van der Waals surface area contributed by atoms with E-state index in [0.717, 1.165) is 24.1 Å². The highest BCUT2D eigenvalue weighted by atomic mass is 32.2. The van der Waals surface area contributed by atoms with Crippen LogP contribution in [0.4, 0.5) is 0 Å². The molecule has 0 saturated carbocycles. The summed E-state index contributed by atoms with van der Waals surface area (Å²) >= 11 is 1.86. The number of allylic oxidation sites excluding steroid dienone is 1. The average molecular weight is 478 g/mol. The lowest BCUT2D eigenvalue weighted by atomic mass is 9.53. The lowest BCUT2D eigenvalue weighted by Crippen LogP contribution is -2.61. The Morgan fingerprint density at radius 1 is 1.15 bits per heavy atom. The van der Waals surface area contributed by atoms with Gasteiger partial charge in [-0.15, -0.1) is 11.8 Å². The van der Waals surface area contributed by atoms with Crippen molar-refractivity contribution in [1.82, 2.24) is 4.90 Å². The Labute approximate surface area is 205 Å². The Bertz CT molecular complexity index is 1200. The van der Waals surface area contributed by atoms with Crippen molar-refractivity contribution in [1.29, 1.82) is 0 Å². The number of ketones is 1. The molecule has 3 aliphatic rings. The summed E-state index contributed by atoms with van der Waals surface area (Å²) in [6.07, 6.45) is 3.25. The average Bonchev–Trinajstić information content (AvgIpc) is 2.79. The number of fused-ring (bicyclic) bond motifs is 1. The standard InChI is InChI=1S/C28H31NO4S/c1-16-8-6-7-9-23(16)34-27-19-11-10-17(2)26(33-18(3)30)24(19)28-12-13-29(4)25(27)20(28)14-22(32-5)21(31)15-28/h6-11,14,20,25,27H,12-13,15H2,1-5H3/t20-,25-,27-,28-/m1/s1. The van der Waals surface area contributed by atoms with Gasteiger partial charge in [-0.25, -0.2) is 0 Å². The van der Waals surface area contributed by atoms with Gasteiger partial charge in [-0.1, -0.05) is 30.3 Å². The van der Waals surface area contributed by atoms with Gasteiger partial charge in [0.1, 0.15) is 5.75 Å². The fourth-order valence-electron chi connectivity index (χ4n) is 6.24. The van der Waals surface area contributed by atoms with E-state index in [1.807, 2.05) is 18.7 Å². The number of carbonyl (C=O) groups is 2. The highest BCUT2D eigenvalue weighted by molar-refractivity contribution is 7.99. The second kappa shape index (κ2) is 8.58. The summed E-state index contributed by atoms with van der Waals surface area (Å²) in [4.78, 5) is 29.0. The number of aryl methyl sites for hydroxylation is 2. The number of thioether (sulfide) groups is 1. The number of hydrogen-bond acceptors (Lipinski definition) is 6. The maximum Gasteiger partial charge on any atom is 0.308 e. The molecule has 0 amide bonds. The second-order valence-electron chi connectivity index (χ2n) is 9.81. The quantitative estimate of drug-likeness (QED) is 0.449. The largest absolute Gasteiger partial charge is 0.493 e. The van der Waals surface area contributed by atoms with Gasteiger partial charge in [-0.2, -0.15) is 0 Å². The van der Waals surface area contributed by atoms with Gasteiger partial charge >= 0.3 is 5.97 Å². The van der Waals surface area contributed by atoms with Crippen molar-refractivity contribution < 1.29 is 19.1 Å². The molecule has 6 heteroatoms. The molecule has 178 valence electrons. The maximum absolute atomic E-state index is 13.2. The SMILES string of the molecule is COC1=C[C@@H]2[C@@H]3[C@H](Sc4ccccc4C)c4ccc(C)c(OC(C)=O)c4[C@]2(CCN3C)CC1=O. The molecule has 5 rings (SSSR count). The van der Waals surface area contributed by atoms with Crippen LogP contribution >= 0.6 is 11.8 Å². The van der Waals surface area contributed by atoms with Gasteiger partial charge in [0.05, 0.1) is 12.4 Å². The molecule has 4 atom stereocenters. The minimum Gasteiger partial charge on any atom is -0.493 e. The van der Waals surface area contributed by atoms with E-state index in [4.69, 9.17) is 9.47 Å². The van der Waals surface area contributed by atoms with Crippen molar-refractivity contribution in [3.8, 4) is 5.75 Å². The van der Waals surface area contributed by atoms with Crippen LogP contribution in [0.3, 0.4) is 0 Å². The van der Waals surface area contributed by atoms with Crippen molar-refractivity contribution in [2.75, 3.05) is 20.7 Å². The maximum atomic E-state index is 13.2. The summed E-state index contributed by atoms with van der Waals surface area (Å²) in [5.41, 5.74) is 3.97. The Morgan fingerprint density at radius 2 is 1.91 bits per heavy atom. The topological polar surface area (TPSA) is 55.8 Å². The first-order valence-corrected chi connectivity index (χ1v) is 12.7. The third kappa shape index (κ3) is 3.50. The van der Waals surface area contributed by atoms with Gasteiger partial charge in [0, 0.05) is 41.2 Å². The fraction of sp³-hybridized carbons (Fsp3) is 0.429. The van der Waals surface area contributed by atoms with Crippen LogP contribution in [0.2, 0.25) is 0 Å². The number of likely N-dealkylation sites (tertiary alicyclic amines) is 1. The number of likely N-dealkylation sites (N-methyl/N-ethyl adjacent to an activating group) is 1. The van der Waals surface area contributed by atoms with Crippen LogP contribution in [0, 0.1) is 19.8 Å². The van der Waals surface area contributed by atoms with E-state index in [2.05, 4.69) is 61.3 Å². The summed E-state index contributed by atoms with van der Waals surface area (Å²) in [7, 11) is 3.76. The fourth-order valence-corrected chi connectivity index (χ4v) is 7.76. The Balaban J connectivity index is 1.79. The number of benzene rings is 2. The summed E-state index contributed by atoms with van der Waals surface area (Å²) in [5, 5.41) is 0.108. The Morgan fingerprint density at radius 3 is 2.62 bits per heavy atom. The summed E-state index contributed by atoms with van der Waals surface area (Å²) in [5.74, 6) is 0.844. The molecule has 2 aromatic rings. The molecule has 34 heavy (non-hydrogen) atoms. The first-order valence-electron chi connectivity index (χ1n) is 11.8. The number of hydrogen-bond donors (Lipinski definition) is 0. The molecule has 0 radical (unpaired) electrons. The molecule has 0 aromatic heterocycles. The lowest BCUT2D eigenvalue weighted by molar-refractivity contribution is -0.132. The van der Waals surface area contributed by atoms with Gasteiger partial charge in [0.15, 0.2) is 11.5 Å². The van der Waals surface area contributed by atoms with Crippen molar-refractivity contribution in [2.24, 2.45) is 5.92 Å². The van der Waals surface area contributed by atoms with Gasteiger partial charge in [0.25, 0.3) is 0 Å². The van der Waals surface area contributed by atoms with E-state index in [1.165, 1.54) is 22.9 Å². The van der Waals surface area contributed by atoms with Gasteiger partial charge in [-0.3, -0.25) is 9.59 Å². The van der Waals surface area contributed by atoms with Crippen molar-refractivity contribution in [2.45, 2.75) is 55.2 Å². The van der Waals surface area contributed by atoms with Gasteiger partial charge in [-0.05, 0) is 62.7 Å². The first kappa shape index (κ1) is 23.2. The molecule has 1 aliphatic heterocycles. The van der Waals surface area contributed by atoms with Gasteiger partial charge in [0.2, 0.25) is 0 Å². The van der Waals surface area contributed by atoms with Crippen LogP contribution in [-0.2, 0) is 19.7 Å². The highest BCUT2D eigenvalue weighted by Gasteiger charge is 2.59. The molecular weight excluding hydrogens is 446 g/mol. The van der Waals surface area contributed by atoms with Crippen molar-refractivity contribution in [3.63, 3.8) is 0 Å². The predicted molar refractivity (Wildman–Crippen MR) is 133 cm³/mol. The molecule has 0 unspecified atom stereocenters. The summed E-state index contributed by atoms with van der Waals surface area (Å²) < 4.78 is 11.4. The molecule has 1 fully saturated rings. The number of esters is 1. The van der Waals surface area contributed by atoms with E-state index in [1.54, 1.807) is 7.11 Å². The number of nitrogens with zero attached hydrogens (tertiary/aromatic N) is 1. The second-order valence-corrected chi connectivity index (χ2v) is 11.0. The van der Waals surface area contributed by atoms with Crippen molar-refractivity contribution in [3.05, 3.63) is 70.5 Å². The summed E-state index contributed by atoms with van der Waals surface area (Å²) in [6, 6.07) is 12.9. The molecule has 0 N–H and O–H groups in total. The molecule has 2 aliphatic carbocycles. The van der Waals surface area contributed by atoms with Crippen LogP contribution in [0.5, 0.6) is 5.75 Å². The molecule has 2 aromatic carbocycles. The predicted octanol–water partition coefficient (Wildman–Crippen LogP) is 5.14. The molecule has 2 bridgehead atoms. The van der Waals surface area contributed by atoms with E-state index in [-0.39, 0.29) is 29.0 Å². The van der Waals surface area contributed by atoms with Crippen LogP contribution in [0.25, 0.3) is 0 Å². The third-order valence-corrected chi connectivity index (χ3v) is 9.32. The van der Waals surface area contributed by atoms with E-state index in [0.29, 0.717) is 17.9 Å². The minimum absolute atomic E-state index is 0.0216. The zero-order valence-corrected chi connectivity index (χ0v) is 21.2. The first-order chi connectivity index (χ1) is 16.3. The van der Waals surface area contributed by atoms with E-state index < -0.39 is 5.41 Å². The number of ether oxygens (including phenoxy) is 2. The number of carbonyl (C=O) groups excluding carboxylic acids is 2. The third-order valence-electron chi connectivity index (χ3n) is 7.82. The van der Waals surface area contributed by atoms with Gasteiger partial charge < -0.3 is 14.4 Å². The van der Waals surface area contributed by atoms with Crippen LogP contribution in [0.1, 0.15) is 47.3 Å². The highest BCUT2D eigenvalue weighted by Crippen LogP contribution is 2.62. The monoisotopic (exact) mass is 477 g/mol. The number of Topliss-reactive ketones (excluding diaryl/α,β-unsaturated/α-hetero) is 1. The Hall–Kier alpha value is -2.57. The van der Waals surface area contributed by atoms with E-state index >= 15 is 0 Å². The van der Waals surface area contributed by atoms with Crippen LogP contribution in [0.15, 0.2) is 53.1 Å².